The molecule has 0 bridgehead atoms. The summed E-state index contributed by atoms with van der Waals surface area (Å²) in [5.74, 6) is -0.350. The average Bonchev–Trinajstić information content (AvgIpc) is 2.99. The quantitative estimate of drug-likeness (QED) is 0.823. The molecule has 0 aliphatic heterocycles. The molecule has 1 aromatic heterocycles. The number of rotatable bonds is 6. The molecule has 1 atom stereocenters. The fraction of sp³-hybridized carbons (Fsp3) is 0.389. The Bertz CT molecular complexity index is 675. The molecular weight excluding hydrogens is 347 g/mol. The lowest BCUT2D eigenvalue weighted by Gasteiger charge is -2.28. The maximum absolute atomic E-state index is 13.3. The molecule has 24 heavy (non-hydrogen) atoms. The summed E-state index contributed by atoms with van der Waals surface area (Å²) in [6.45, 7) is 6.76. The van der Waals surface area contributed by atoms with Crippen LogP contribution in [-0.4, -0.2) is 23.4 Å². The normalized spacial score (nSPS) is 11.9. The molecular formula is C18H24ClFN2OS. The second-order valence-electron chi connectivity index (χ2n) is 5.97. The van der Waals surface area contributed by atoms with Gasteiger partial charge in [0.15, 0.2) is 0 Å². The minimum atomic E-state index is -0.242. The monoisotopic (exact) mass is 370 g/mol. The minimum Gasteiger partial charge on any atom is -0.335 e. The molecule has 2 aromatic rings. The van der Waals surface area contributed by atoms with Crippen molar-refractivity contribution in [1.29, 1.82) is 0 Å². The first-order valence-corrected chi connectivity index (χ1v) is 8.59. The molecule has 1 aromatic carbocycles. The Labute approximate surface area is 153 Å². The highest BCUT2D eigenvalue weighted by molar-refractivity contribution is 7.15. The van der Waals surface area contributed by atoms with Gasteiger partial charge in [-0.3, -0.25) is 4.79 Å². The summed E-state index contributed by atoms with van der Waals surface area (Å²) in [7, 11) is 0. The number of carbonyl (C=O) groups is 1. The highest BCUT2D eigenvalue weighted by atomic mass is 35.5. The summed E-state index contributed by atoms with van der Waals surface area (Å²) >= 11 is 1.59. The molecule has 132 valence electrons. The summed E-state index contributed by atoms with van der Waals surface area (Å²) < 4.78 is 13.3. The van der Waals surface area contributed by atoms with Crippen LogP contribution >= 0.6 is 23.7 Å². The zero-order chi connectivity index (χ0) is 17.0. The summed E-state index contributed by atoms with van der Waals surface area (Å²) in [4.78, 5) is 16.4. The first-order chi connectivity index (χ1) is 10.9. The molecule has 1 amide bonds. The first-order valence-electron chi connectivity index (χ1n) is 7.77. The molecule has 0 saturated heterocycles. The van der Waals surface area contributed by atoms with Crippen LogP contribution < -0.4 is 5.73 Å². The second-order valence-corrected chi connectivity index (χ2v) is 7.14. The van der Waals surface area contributed by atoms with Gasteiger partial charge in [-0.2, -0.15) is 0 Å². The van der Waals surface area contributed by atoms with Gasteiger partial charge in [-0.25, -0.2) is 4.39 Å². The molecule has 2 N–H and O–H groups in total. The van der Waals surface area contributed by atoms with Crippen molar-refractivity contribution in [2.45, 2.75) is 33.4 Å². The Morgan fingerprint density at radius 1 is 1.25 bits per heavy atom. The maximum atomic E-state index is 13.3. The van der Waals surface area contributed by atoms with Crippen LogP contribution in [0.3, 0.4) is 0 Å². The van der Waals surface area contributed by atoms with Gasteiger partial charge in [0.25, 0.3) is 0 Å². The van der Waals surface area contributed by atoms with Gasteiger partial charge >= 0.3 is 0 Å². The molecule has 0 fully saturated rings. The molecule has 3 nitrogen and oxygen atoms in total. The zero-order valence-corrected chi connectivity index (χ0v) is 15.8. The predicted octanol–water partition coefficient (Wildman–Crippen LogP) is 4.31. The Hall–Kier alpha value is -1.43. The minimum absolute atomic E-state index is 0. The highest BCUT2D eigenvalue weighted by Gasteiger charge is 2.22. The Balaban J connectivity index is 0.00000288. The SMILES string of the molecule is CC(CN)C(=O)N(Cc1ccc(-c2cccc(F)c2)s1)C(C)C.Cl. The fourth-order valence-electron chi connectivity index (χ4n) is 2.33. The van der Waals surface area contributed by atoms with Crippen LogP contribution in [0.25, 0.3) is 10.4 Å². The molecule has 0 radical (unpaired) electrons. The van der Waals surface area contributed by atoms with Gasteiger partial charge in [-0.1, -0.05) is 19.1 Å². The van der Waals surface area contributed by atoms with Crippen molar-refractivity contribution in [3.8, 4) is 10.4 Å². The van der Waals surface area contributed by atoms with Crippen molar-refractivity contribution in [1.82, 2.24) is 4.90 Å². The van der Waals surface area contributed by atoms with E-state index in [4.69, 9.17) is 5.73 Å². The van der Waals surface area contributed by atoms with Gasteiger partial charge in [-0.05, 0) is 43.7 Å². The number of nitrogens with two attached hydrogens (primary N) is 1. The van der Waals surface area contributed by atoms with Crippen molar-refractivity contribution in [2.75, 3.05) is 6.54 Å². The lowest BCUT2D eigenvalue weighted by molar-refractivity contribution is -0.137. The zero-order valence-electron chi connectivity index (χ0n) is 14.2. The van der Waals surface area contributed by atoms with E-state index in [9.17, 15) is 9.18 Å². The van der Waals surface area contributed by atoms with Crippen LogP contribution in [-0.2, 0) is 11.3 Å². The van der Waals surface area contributed by atoms with Crippen molar-refractivity contribution in [3.63, 3.8) is 0 Å². The Morgan fingerprint density at radius 3 is 2.54 bits per heavy atom. The van der Waals surface area contributed by atoms with Crippen LogP contribution in [0.1, 0.15) is 25.6 Å². The lowest BCUT2D eigenvalue weighted by Crippen LogP contribution is -2.41. The largest absolute Gasteiger partial charge is 0.335 e. The average molecular weight is 371 g/mol. The summed E-state index contributed by atoms with van der Waals surface area (Å²) in [6, 6.07) is 10.6. The van der Waals surface area contributed by atoms with E-state index in [-0.39, 0.29) is 36.1 Å². The lowest BCUT2D eigenvalue weighted by atomic mass is 10.1. The Kier molecular flexibility index (Phi) is 7.87. The first kappa shape index (κ1) is 20.6. The van der Waals surface area contributed by atoms with Crippen molar-refractivity contribution in [2.24, 2.45) is 11.7 Å². The summed E-state index contributed by atoms with van der Waals surface area (Å²) in [5, 5.41) is 0. The van der Waals surface area contributed by atoms with E-state index in [0.717, 1.165) is 15.3 Å². The number of carbonyl (C=O) groups excluding carboxylic acids is 1. The van der Waals surface area contributed by atoms with E-state index in [1.807, 2.05) is 43.9 Å². The molecule has 1 unspecified atom stereocenters. The number of halogens is 2. The van der Waals surface area contributed by atoms with E-state index < -0.39 is 0 Å². The highest BCUT2D eigenvalue weighted by Crippen LogP contribution is 2.29. The van der Waals surface area contributed by atoms with Gasteiger partial charge in [0.2, 0.25) is 5.91 Å². The van der Waals surface area contributed by atoms with Crippen LogP contribution in [0.4, 0.5) is 4.39 Å². The van der Waals surface area contributed by atoms with E-state index in [1.165, 1.54) is 12.1 Å². The number of amides is 1. The molecule has 0 aliphatic carbocycles. The van der Waals surface area contributed by atoms with Gasteiger partial charge in [-0.15, -0.1) is 23.7 Å². The molecule has 0 aliphatic rings. The van der Waals surface area contributed by atoms with Gasteiger partial charge in [0, 0.05) is 28.3 Å². The van der Waals surface area contributed by atoms with Crippen molar-refractivity contribution < 1.29 is 9.18 Å². The molecule has 0 spiro atoms. The predicted molar refractivity (Wildman–Crippen MR) is 101 cm³/mol. The molecule has 1 heterocycles. The van der Waals surface area contributed by atoms with Crippen molar-refractivity contribution in [3.05, 3.63) is 47.1 Å². The number of thiophene rings is 1. The van der Waals surface area contributed by atoms with Gasteiger partial charge < -0.3 is 10.6 Å². The van der Waals surface area contributed by atoms with Crippen LogP contribution in [0.2, 0.25) is 0 Å². The molecule has 0 saturated carbocycles. The van der Waals surface area contributed by atoms with E-state index in [1.54, 1.807) is 17.4 Å². The van der Waals surface area contributed by atoms with E-state index in [0.29, 0.717) is 13.1 Å². The van der Waals surface area contributed by atoms with Crippen LogP contribution in [0, 0.1) is 11.7 Å². The fourth-order valence-corrected chi connectivity index (χ4v) is 3.33. The number of benzene rings is 1. The van der Waals surface area contributed by atoms with E-state index in [2.05, 4.69) is 0 Å². The number of hydrogen-bond donors (Lipinski definition) is 1. The van der Waals surface area contributed by atoms with Gasteiger partial charge in [0.1, 0.15) is 5.82 Å². The summed E-state index contributed by atoms with van der Waals surface area (Å²) in [5.41, 5.74) is 6.48. The third-order valence-corrected chi connectivity index (χ3v) is 4.90. The van der Waals surface area contributed by atoms with Crippen LogP contribution in [0.5, 0.6) is 0 Å². The number of hydrogen-bond acceptors (Lipinski definition) is 3. The van der Waals surface area contributed by atoms with E-state index >= 15 is 0 Å². The van der Waals surface area contributed by atoms with Gasteiger partial charge in [0.05, 0.1) is 6.54 Å². The standard InChI is InChI=1S/C18H23FN2OS.ClH/c1-12(2)21(18(22)13(3)10-20)11-16-7-8-17(23-16)14-5-4-6-15(19)9-14;/h4-9,12-13H,10-11,20H2,1-3H3;1H. The van der Waals surface area contributed by atoms with Crippen molar-refractivity contribution >= 4 is 29.7 Å². The number of nitrogens with zero attached hydrogens (tertiary/aromatic N) is 1. The second kappa shape index (κ2) is 9.16. The molecule has 6 heteroatoms. The molecule has 2 rings (SSSR count). The smallest absolute Gasteiger partial charge is 0.227 e. The topological polar surface area (TPSA) is 46.3 Å². The van der Waals surface area contributed by atoms with Crippen LogP contribution in [0.15, 0.2) is 36.4 Å². The summed E-state index contributed by atoms with van der Waals surface area (Å²) in [6.07, 6.45) is 0. The maximum Gasteiger partial charge on any atom is 0.227 e. The Morgan fingerprint density at radius 2 is 1.96 bits per heavy atom. The third-order valence-electron chi connectivity index (χ3n) is 3.78. The third kappa shape index (κ3) is 5.03.